The molecule has 1 aliphatic heterocycles. The molecule has 10 nitrogen and oxygen atoms in total. The highest BCUT2D eigenvalue weighted by Gasteiger charge is 2.72. The zero-order valence-corrected chi connectivity index (χ0v) is 29.3. The zero-order chi connectivity index (χ0) is 33.2. The number of carbonyl (C=O) groups is 5. The minimum absolute atomic E-state index is 0.0467. The van der Waals surface area contributed by atoms with Crippen molar-refractivity contribution in [2.45, 2.75) is 108 Å². The quantitative estimate of drug-likeness (QED) is 0.180. The van der Waals surface area contributed by atoms with E-state index in [1.807, 2.05) is 13.8 Å². The number of esters is 4. The number of carbonyl (C=O) groups excluding carboxylic acids is 5. The van der Waals surface area contributed by atoms with Crippen molar-refractivity contribution in [3.63, 3.8) is 0 Å². The van der Waals surface area contributed by atoms with Crippen molar-refractivity contribution in [2.24, 2.45) is 40.4 Å². The Kier molecular flexibility index (Phi) is 9.13. The van der Waals surface area contributed by atoms with E-state index in [1.54, 1.807) is 0 Å². The molecule has 0 amide bonds. The summed E-state index contributed by atoms with van der Waals surface area (Å²) < 4.78 is 22.3. The van der Waals surface area contributed by atoms with Gasteiger partial charge in [-0.15, -0.1) is 0 Å². The molecule has 0 bridgehead atoms. The third-order valence-corrected chi connectivity index (χ3v) is 13.6. The lowest BCUT2D eigenvalue weighted by Gasteiger charge is -2.64. The number of hydrogen-bond acceptors (Lipinski definition) is 10. The van der Waals surface area contributed by atoms with Crippen molar-refractivity contribution in [1.29, 1.82) is 0 Å². The Morgan fingerprint density at radius 3 is 2.33 bits per heavy atom. The van der Waals surface area contributed by atoms with E-state index >= 15 is 0 Å². The van der Waals surface area contributed by atoms with Crippen LogP contribution in [0.1, 0.15) is 80.6 Å². The average molecular weight is 741 g/mol. The van der Waals surface area contributed by atoms with Crippen molar-refractivity contribution in [1.82, 2.24) is 0 Å². The van der Waals surface area contributed by atoms with Crippen molar-refractivity contribution in [2.75, 3.05) is 6.61 Å². The molecule has 0 spiro atoms. The highest BCUT2D eigenvalue weighted by molar-refractivity contribution is 14.1. The highest BCUT2D eigenvalue weighted by Crippen LogP contribution is 2.69. The van der Waals surface area contributed by atoms with Crippen molar-refractivity contribution in [3.05, 3.63) is 23.3 Å². The van der Waals surface area contributed by atoms with E-state index in [1.165, 1.54) is 32.9 Å². The maximum atomic E-state index is 13.8. The Hall–Kier alpha value is -2.28. The van der Waals surface area contributed by atoms with Crippen LogP contribution in [0.2, 0.25) is 0 Å². The lowest BCUT2D eigenvalue weighted by molar-refractivity contribution is -0.219. The molecule has 5 aliphatic rings. The molecule has 4 aliphatic carbocycles. The Morgan fingerprint density at radius 1 is 1.07 bits per heavy atom. The smallest absolute Gasteiger partial charge is 0.337 e. The standard InChI is InChI=1S/C34H45IO10/c1-16-12-25(45-31(40)22(16)15-42-18(3)36)17(2)30-26(43-19(4)37)14-24-21-13-27(35)34(41)29(44-20(5)38)9-8-28(39)33(34,7)23(21)10-11-32(24,30)6/h8-9,17,21,23-27,29-30,41H,10-15H2,1-7H3/t17-,21-,23+,24+,25-,26+,27+,29+,30+,32+,33+,34+/m1/s1. The molecule has 0 aromatic carbocycles. The number of ether oxygens (including phenoxy) is 4. The number of halogens is 1. The van der Waals surface area contributed by atoms with E-state index in [0.717, 1.165) is 12.0 Å². The SMILES string of the molecule is CC(=O)OCC1=C(C)C[C@H]([C@@H](C)[C@H]2[C@@H](OC(C)=O)C[C@H]3[C@@H]4C[C@H](I)[C@]5(O)[C@@H](OC(C)=O)C=CC(=O)[C@]5(C)[C@H]4CC[C@]23C)OC1=O. The monoisotopic (exact) mass is 740 g/mol. The fraction of sp³-hybridized carbons (Fsp3) is 0.735. The molecular weight excluding hydrogens is 695 g/mol. The number of aliphatic hydroxyl groups is 1. The van der Waals surface area contributed by atoms with Crippen LogP contribution < -0.4 is 0 Å². The van der Waals surface area contributed by atoms with E-state index in [4.69, 9.17) is 18.9 Å². The Balaban J connectivity index is 1.48. The minimum Gasteiger partial charge on any atom is -0.462 e. The molecule has 45 heavy (non-hydrogen) atoms. The lowest BCUT2D eigenvalue weighted by Crippen LogP contribution is -2.72. The summed E-state index contributed by atoms with van der Waals surface area (Å²) in [5.74, 6) is -2.34. The van der Waals surface area contributed by atoms with Crippen LogP contribution in [0.5, 0.6) is 0 Å². The van der Waals surface area contributed by atoms with Gasteiger partial charge in [-0.25, -0.2) is 4.79 Å². The fourth-order valence-corrected chi connectivity index (χ4v) is 11.6. The first kappa shape index (κ1) is 34.1. The van der Waals surface area contributed by atoms with Crippen LogP contribution in [0, 0.1) is 40.4 Å². The summed E-state index contributed by atoms with van der Waals surface area (Å²) >= 11 is 2.23. The number of ketones is 1. The van der Waals surface area contributed by atoms with Crippen LogP contribution in [0.25, 0.3) is 0 Å². The molecule has 11 heteroatoms. The van der Waals surface area contributed by atoms with Crippen molar-refractivity contribution < 1.29 is 48.0 Å². The molecule has 0 aromatic heterocycles. The molecular formula is C34H45IO10. The second-order valence-electron chi connectivity index (χ2n) is 14.4. The van der Waals surface area contributed by atoms with E-state index < -0.39 is 47.2 Å². The molecule has 3 fully saturated rings. The van der Waals surface area contributed by atoms with Gasteiger partial charge < -0.3 is 24.1 Å². The van der Waals surface area contributed by atoms with Gasteiger partial charge in [0.15, 0.2) is 11.9 Å². The maximum Gasteiger partial charge on any atom is 0.337 e. The third kappa shape index (κ3) is 5.37. The molecule has 0 radical (unpaired) electrons. The van der Waals surface area contributed by atoms with Gasteiger partial charge in [0.25, 0.3) is 0 Å². The van der Waals surface area contributed by atoms with Gasteiger partial charge in [-0.1, -0.05) is 42.0 Å². The molecule has 0 saturated heterocycles. The van der Waals surface area contributed by atoms with Gasteiger partial charge in [-0.2, -0.15) is 0 Å². The normalized spacial score (nSPS) is 43.0. The lowest BCUT2D eigenvalue weighted by atomic mass is 9.43. The van der Waals surface area contributed by atoms with Gasteiger partial charge in [-0.3, -0.25) is 19.2 Å². The third-order valence-electron chi connectivity index (χ3n) is 12.1. The Bertz CT molecular complexity index is 1350. The van der Waals surface area contributed by atoms with Crippen LogP contribution in [-0.2, 0) is 42.9 Å². The maximum absolute atomic E-state index is 13.8. The first-order valence-corrected chi connectivity index (χ1v) is 17.2. The Morgan fingerprint density at radius 2 is 1.73 bits per heavy atom. The summed E-state index contributed by atoms with van der Waals surface area (Å²) in [5, 5.41) is 12.4. The van der Waals surface area contributed by atoms with Crippen LogP contribution in [-0.4, -0.2) is 69.2 Å². The number of fused-ring (bicyclic) bond motifs is 5. The second-order valence-corrected chi connectivity index (χ2v) is 15.9. The largest absolute Gasteiger partial charge is 0.462 e. The minimum atomic E-state index is -1.56. The van der Waals surface area contributed by atoms with Crippen LogP contribution in [0.15, 0.2) is 23.3 Å². The van der Waals surface area contributed by atoms with Crippen LogP contribution in [0.4, 0.5) is 0 Å². The molecule has 0 unspecified atom stereocenters. The Labute approximate surface area is 278 Å². The van der Waals surface area contributed by atoms with Gasteiger partial charge in [0.2, 0.25) is 0 Å². The molecule has 12 atom stereocenters. The fourth-order valence-electron chi connectivity index (χ4n) is 10.1. The molecule has 1 N–H and O–H groups in total. The summed E-state index contributed by atoms with van der Waals surface area (Å²) in [4.78, 5) is 62.6. The van der Waals surface area contributed by atoms with E-state index in [0.29, 0.717) is 31.3 Å². The van der Waals surface area contributed by atoms with Gasteiger partial charge in [0, 0.05) is 43.0 Å². The van der Waals surface area contributed by atoms with Gasteiger partial charge in [0.05, 0.1) is 11.0 Å². The zero-order valence-electron chi connectivity index (χ0n) is 27.1. The molecule has 3 saturated carbocycles. The number of cyclic esters (lactones) is 1. The summed E-state index contributed by atoms with van der Waals surface area (Å²) in [5.41, 5.74) is -1.86. The summed E-state index contributed by atoms with van der Waals surface area (Å²) in [7, 11) is 0. The second kappa shape index (κ2) is 12.1. The average Bonchev–Trinajstić information content (AvgIpc) is 3.22. The summed E-state index contributed by atoms with van der Waals surface area (Å²) in [6, 6.07) is 0. The van der Waals surface area contributed by atoms with E-state index in [-0.39, 0.29) is 57.3 Å². The van der Waals surface area contributed by atoms with Crippen molar-refractivity contribution in [3.8, 4) is 0 Å². The van der Waals surface area contributed by atoms with Crippen molar-refractivity contribution >= 4 is 52.3 Å². The van der Waals surface area contributed by atoms with Gasteiger partial charge in [0.1, 0.15) is 24.4 Å². The molecule has 248 valence electrons. The van der Waals surface area contributed by atoms with Crippen LogP contribution in [0.3, 0.4) is 0 Å². The summed E-state index contributed by atoms with van der Waals surface area (Å²) in [6.45, 7) is 11.9. The number of alkyl halides is 1. The number of rotatable bonds is 6. The number of allylic oxidation sites excluding steroid dienone is 1. The van der Waals surface area contributed by atoms with Gasteiger partial charge >= 0.3 is 23.9 Å². The predicted octanol–water partition coefficient (Wildman–Crippen LogP) is 4.43. The number of hydrogen-bond donors (Lipinski definition) is 1. The highest BCUT2D eigenvalue weighted by atomic mass is 127. The summed E-state index contributed by atoms with van der Waals surface area (Å²) in [6.07, 6.45) is 4.30. The topological polar surface area (TPSA) is 142 Å². The molecule has 1 heterocycles. The first-order chi connectivity index (χ1) is 21.0. The van der Waals surface area contributed by atoms with Gasteiger partial charge in [-0.05, 0) is 74.9 Å². The van der Waals surface area contributed by atoms with E-state index in [9.17, 15) is 29.1 Å². The molecule has 0 aromatic rings. The molecule has 5 rings (SSSR count). The first-order valence-electron chi connectivity index (χ1n) is 15.9. The van der Waals surface area contributed by atoms with Crippen LogP contribution >= 0.6 is 22.6 Å². The van der Waals surface area contributed by atoms with E-state index in [2.05, 4.69) is 36.4 Å². The predicted molar refractivity (Wildman–Crippen MR) is 170 cm³/mol.